The van der Waals surface area contributed by atoms with Crippen molar-refractivity contribution in [2.75, 3.05) is 45.2 Å². The Morgan fingerprint density at radius 1 is 0.769 bits per heavy atom. The molecule has 0 spiro atoms. The number of hydrogen-bond acceptors (Lipinski definition) is 3. The smallest absolute Gasteiger partial charge is 0.0361 e. The lowest BCUT2D eigenvalue weighted by molar-refractivity contribution is 0.261. The first-order valence-electron chi connectivity index (χ1n) is 9.36. The van der Waals surface area contributed by atoms with Gasteiger partial charge >= 0.3 is 0 Å². The summed E-state index contributed by atoms with van der Waals surface area (Å²) in [6.07, 6.45) is 6.49. The standard InChI is InChI=1S/C20H37N3.3ClH/c1-5-7-15-23(16-8-6-2)17-9-14-21-18-19-10-12-20(13-11-19)22(3)4;;;/h10-13,21H,5-9,14-18H2,1-4H3;3*1H. The van der Waals surface area contributed by atoms with Crippen LogP contribution in [0.4, 0.5) is 5.69 Å². The van der Waals surface area contributed by atoms with Crippen molar-refractivity contribution in [3.8, 4) is 0 Å². The van der Waals surface area contributed by atoms with Gasteiger partial charge in [-0.2, -0.15) is 0 Å². The van der Waals surface area contributed by atoms with Crippen molar-refractivity contribution in [2.45, 2.75) is 52.5 Å². The molecule has 0 aliphatic carbocycles. The van der Waals surface area contributed by atoms with Gasteiger partial charge in [0.2, 0.25) is 0 Å². The first kappa shape index (κ1) is 30.5. The lowest BCUT2D eigenvalue weighted by atomic mass is 10.2. The largest absolute Gasteiger partial charge is 0.378 e. The molecule has 1 aromatic carbocycles. The Hall–Kier alpha value is -0.190. The number of benzene rings is 1. The zero-order valence-corrected chi connectivity index (χ0v) is 19.4. The van der Waals surface area contributed by atoms with E-state index in [1.165, 1.54) is 63.0 Å². The highest BCUT2D eigenvalue weighted by molar-refractivity contribution is 5.86. The molecule has 0 bridgehead atoms. The van der Waals surface area contributed by atoms with Gasteiger partial charge in [-0.05, 0) is 63.1 Å². The molecule has 0 atom stereocenters. The monoisotopic (exact) mass is 427 g/mol. The van der Waals surface area contributed by atoms with Gasteiger partial charge in [0.05, 0.1) is 0 Å². The molecule has 0 fully saturated rings. The van der Waals surface area contributed by atoms with Crippen LogP contribution in [0.1, 0.15) is 51.5 Å². The van der Waals surface area contributed by atoms with Crippen LogP contribution in [0.3, 0.4) is 0 Å². The van der Waals surface area contributed by atoms with Crippen LogP contribution in [0.5, 0.6) is 0 Å². The number of anilines is 1. The molecule has 1 N–H and O–H groups in total. The van der Waals surface area contributed by atoms with E-state index in [4.69, 9.17) is 0 Å². The number of unbranched alkanes of at least 4 members (excludes halogenated alkanes) is 2. The number of nitrogens with one attached hydrogen (secondary N) is 1. The first-order valence-corrected chi connectivity index (χ1v) is 9.36. The summed E-state index contributed by atoms with van der Waals surface area (Å²) in [4.78, 5) is 4.78. The fourth-order valence-electron chi connectivity index (χ4n) is 2.67. The summed E-state index contributed by atoms with van der Waals surface area (Å²) in [5.41, 5.74) is 2.63. The van der Waals surface area contributed by atoms with Crippen LogP contribution in [0.15, 0.2) is 24.3 Å². The van der Waals surface area contributed by atoms with Crippen LogP contribution >= 0.6 is 37.2 Å². The van der Waals surface area contributed by atoms with Gasteiger partial charge in [0, 0.05) is 26.3 Å². The zero-order chi connectivity index (χ0) is 16.9. The fourth-order valence-corrected chi connectivity index (χ4v) is 2.67. The maximum atomic E-state index is 3.58. The Morgan fingerprint density at radius 2 is 1.27 bits per heavy atom. The SMILES string of the molecule is CCCCN(CCCC)CCCNCc1ccc(N(C)C)cc1.Cl.Cl.Cl. The molecule has 0 heterocycles. The minimum absolute atomic E-state index is 0. The third-order valence-electron chi connectivity index (χ3n) is 4.27. The molecule has 0 aliphatic rings. The summed E-state index contributed by atoms with van der Waals surface area (Å²) in [5.74, 6) is 0. The van der Waals surface area contributed by atoms with E-state index < -0.39 is 0 Å². The molecular formula is C20H40Cl3N3. The van der Waals surface area contributed by atoms with Crippen LogP contribution in [0, 0.1) is 0 Å². The summed E-state index contributed by atoms with van der Waals surface area (Å²) in [7, 11) is 4.16. The Labute approximate surface area is 180 Å². The summed E-state index contributed by atoms with van der Waals surface area (Å²) in [5, 5.41) is 3.58. The average molecular weight is 429 g/mol. The van der Waals surface area contributed by atoms with E-state index in [-0.39, 0.29) is 37.2 Å². The zero-order valence-electron chi connectivity index (χ0n) is 17.0. The predicted molar refractivity (Wildman–Crippen MR) is 125 cm³/mol. The number of rotatable bonds is 13. The number of nitrogens with zero attached hydrogens (tertiary/aromatic N) is 2. The van der Waals surface area contributed by atoms with Gasteiger partial charge in [0.1, 0.15) is 0 Å². The van der Waals surface area contributed by atoms with Gasteiger partial charge in [-0.15, -0.1) is 37.2 Å². The van der Waals surface area contributed by atoms with Crippen LogP contribution in [-0.4, -0.2) is 45.2 Å². The second kappa shape index (κ2) is 19.6. The second-order valence-electron chi connectivity index (χ2n) is 6.64. The van der Waals surface area contributed by atoms with Gasteiger partial charge in [0.25, 0.3) is 0 Å². The van der Waals surface area contributed by atoms with Gasteiger partial charge in [0.15, 0.2) is 0 Å². The van der Waals surface area contributed by atoms with Gasteiger partial charge < -0.3 is 15.1 Å². The maximum Gasteiger partial charge on any atom is 0.0361 e. The van der Waals surface area contributed by atoms with Crippen molar-refractivity contribution in [3.05, 3.63) is 29.8 Å². The van der Waals surface area contributed by atoms with E-state index in [9.17, 15) is 0 Å². The van der Waals surface area contributed by atoms with Gasteiger partial charge in [-0.3, -0.25) is 0 Å². The number of halogens is 3. The molecule has 1 aromatic rings. The first-order chi connectivity index (χ1) is 11.2. The van der Waals surface area contributed by atoms with Gasteiger partial charge in [-0.1, -0.05) is 38.8 Å². The van der Waals surface area contributed by atoms with Crippen molar-refractivity contribution in [2.24, 2.45) is 0 Å². The van der Waals surface area contributed by atoms with E-state index >= 15 is 0 Å². The van der Waals surface area contributed by atoms with Crippen LogP contribution in [-0.2, 0) is 6.54 Å². The van der Waals surface area contributed by atoms with E-state index in [0.29, 0.717) is 0 Å². The second-order valence-corrected chi connectivity index (χ2v) is 6.64. The minimum atomic E-state index is 0. The quantitative estimate of drug-likeness (QED) is 0.424. The highest BCUT2D eigenvalue weighted by Gasteiger charge is 2.03. The molecule has 1 rings (SSSR count). The van der Waals surface area contributed by atoms with Crippen LogP contribution < -0.4 is 10.2 Å². The molecule has 0 unspecified atom stereocenters. The third-order valence-corrected chi connectivity index (χ3v) is 4.27. The van der Waals surface area contributed by atoms with Crippen molar-refractivity contribution in [3.63, 3.8) is 0 Å². The molecule has 0 aliphatic heterocycles. The Balaban J connectivity index is -0.00000176. The third kappa shape index (κ3) is 13.9. The maximum absolute atomic E-state index is 3.58. The summed E-state index contributed by atoms with van der Waals surface area (Å²) >= 11 is 0. The molecular weight excluding hydrogens is 389 g/mol. The molecule has 0 amide bonds. The number of hydrogen-bond donors (Lipinski definition) is 1. The molecule has 0 radical (unpaired) electrons. The Kier molecular flexibility index (Phi) is 23.0. The van der Waals surface area contributed by atoms with Crippen molar-refractivity contribution in [1.29, 1.82) is 0 Å². The van der Waals surface area contributed by atoms with Gasteiger partial charge in [-0.25, -0.2) is 0 Å². The Bertz CT molecular complexity index is 392. The van der Waals surface area contributed by atoms with Crippen LogP contribution in [0.25, 0.3) is 0 Å². The van der Waals surface area contributed by atoms with E-state index in [1.807, 2.05) is 0 Å². The topological polar surface area (TPSA) is 18.5 Å². The minimum Gasteiger partial charge on any atom is -0.378 e. The molecule has 0 saturated carbocycles. The summed E-state index contributed by atoms with van der Waals surface area (Å²) in [6.45, 7) is 10.4. The normalized spacial score (nSPS) is 9.88. The summed E-state index contributed by atoms with van der Waals surface area (Å²) in [6, 6.07) is 8.82. The fraction of sp³-hybridized carbons (Fsp3) is 0.700. The van der Waals surface area contributed by atoms with E-state index in [2.05, 4.69) is 67.3 Å². The molecule has 6 heteroatoms. The predicted octanol–water partition coefficient (Wildman–Crippen LogP) is 5.40. The molecule has 156 valence electrons. The van der Waals surface area contributed by atoms with Crippen LogP contribution in [0.2, 0.25) is 0 Å². The molecule has 0 saturated heterocycles. The highest BCUT2D eigenvalue weighted by atomic mass is 35.5. The summed E-state index contributed by atoms with van der Waals surface area (Å²) < 4.78 is 0. The highest BCUT2D eigenvalue weighted by Crippen LogP contribution is 2.11. The molecule has 3 nitrogen and oxygen atoms in total. The van der Waals surface area contributed by atoms with Crippen molar-refractivity contribution >= 4 is 42.9 Å². The lowest BCUT2D eigenvalue weighted by Gasteiger charge is -2.22. The Morgan fingerprint density at radius 3 is 1.73 bits per heavy atom. The molecule has 26 heavy (non-hydrogen) atoms. The lowest BCUT2D eigenvalue weighted by Crippen LogP contribution is -2.29. The van der Waals surface area contributed by atoms with Crippen molar-refractivity contribution in [1.82, 2.24) is 10.2 Å². The van der Waals surface area contributed by atoms with E-state index in [0.717, 1.165) is 13.1 Å². The molecule has 0 aromatic heterocycles. The van der Waals surface area contributed by atoms with E-state index in [1.54, 1.807) is 0 Å². The average Bonchev–Trinajstić information content (AvgIpc) is 2.56. The van der Waals surface area contributed by atoms with Crippen molar-refractivity contribution < 1.29 is 0 Å².